The highest BCUT2D eigenvalue weighted by molar-refractivity contribution is 6.33. The Kier molecular flexibility index (Phi) is 3.22. The molecule has 0 aliphatic rings. The van der Waals surface area contributed by atoms with Crippen LogP contribution in [0.4, 0.5) is 5.69 Å². The summed E-state index contributed by atoms with van der Waals surface area (Å²) < 4.78 is 0. The molecule has 0 spiro atoms. The molecule has 0 bridgehead atoms. The molecule has 0 saturated heterocycles. The lowest BCUT2D eigenvalue weighted by Crippen LogP contribution is -2.12. The van der Waals surface area contributed by atoms with Crippen LogP contribution in [-0.4, -0.2) is 6.04 Å². The van der Waals surface area contributed by atoms with E-state index in [2.05, 4.69) is 11.2 Å². The molecule has 13 heavy (non-hydrogen) atoms. The van der Waals surface area contributed by atoms with Crippen LogP contribution in [0.1, 0.15) is 12.5 Å². The predicted octanol–water partition coefficient (Wildman–Crippen LogP) is 3.08. The minimum Gasteiger partial charge on any atom is -0.371 e. The fourth-order valence-corrected chi connectivity index (χ4v) is 1.30. The normalized spacial score (nSPS) is 11.8. The van der Waals surface area contributed by atoms with Crippen LogP contribution in [-0.2, 0) is 0 Å². The second-order valence-electron chi connectivity index (χ2n) is 3.02. The van der Waals surface area contributed by atoms with Crippen molar-refractivity contribution in [2.45, 2.75) is 19.9 Å². The van der Waals surface area contributed by atoms with E-state index in [0.29, 0.717) is 5.02 Å². The Morgan fingerprint density at radius 1 is 1.54 bits per heavy atom. The Bertz CT molecular complexity index is 338. The first-order chi connectivity index (χ1) is 6.13. The Labute approximate surface area is 84.1 Å². The summed E-state index contributed by atoms with van der Waals surface area (Å²) in [5.41, 5.74) is 2.03. The maximum Gasteiger partial charge on any atom is 0.0846 e. The van der Waals surface area contributed by atoms with Crippen LogP contribution in [0.3, 0.4) is 0 Å². The average molecular weight is 194 g/mol. The molecule has 1 nitrogen and oxygen atoms in total. The summed E-state index contributed by atoms with van der Waals surface area (Å²) in [6.45, 7) is 3.91. The summed E-state index contributed by atoms with van der Waals surface area (Å²) in [4.78, 5) is 0. The first-order valence-corrected chi connectivity index (χ1v) is 4.50. The lowest BCUT2D eigenvalue weighted by molar-refractivity contribution is 1.04. The number of hydrogen-bond donors (Lipinski definition) is 1. The van der Waals surface area contributed by atoms with Gasteiger partial charge < -0.3 is 5.32 Å². The van der Waals surface area contributed by atoms with Crippen LogP contribution < -0.4 is 5.32 Å². The Morgan fingerprint density at radius 3 is 2.77 bits per heavy atom. The van der Waals surface area contributed by atoms with Gasteiger partial charge in [0.25, 0.3) is 0 Å². The molecule has 2 heteroatoms. The van der Waals surface area contributed by atoms with Crippen LogP contribution in [0.2, 0.25) is 5.02 Å². The maximum absolute atomic E-state index is 6.00. The molecule has 1 unspecified atom stereocenters. The third kappa shape index (κ3) is 2.68. The first-order valence-electron chi connectivity index (χ1n) is 4.12. The minimum absolute atomic E-state index is 0.000191. The SMILES string of the molecule is C#CC(C)Nc1ccc(C)cc1Cl. The summed E-state index contributed by atoms with van der Waals surface area (Å²) in [5, 5.41) is 3.83. The molecule has 1 rings (SSSR count). The molecule has 0 aromatic heterocycles. The molecule has 0 fully saturated rings. The van der Waals surface area contributed by atoms with Crippen LogP contribution >= 0.6 is 11.6 Å². The number of anilines is 1. The molecule has 1 N–H and O–H groups in total. The van der Waals surface area contributed by atoms with Gasteiger partial charge in [-0.25, -0.2) is 0 Å². The topological polar surface area (TPSA) is 12.0 Å². The van der Waals surface area contributed by atoms with Crippen molar-refractivity contribution in [1.29, 1.82) is 0 Å². The third-order valence-electron chi connectivity index (χ3n) is 1.75. The summed E-state index contributed by atoms with van der Waals surface area (Å²) >= 11 is 6.00. The maximum atomic E-state index is 6.00. The Hall–Kier alpha value is -1.13. The molecule has 0 aliphatic heterocycles. The van der Waals surface area contributed by atoms with Crippen molar-refractivity contribution in [2.24, 2.45) is 0 Å². The van der Waals surface area contributed by atoms with Gasteiger partial charge in [0.1, 0.15) is 0 Å². The van der Waals surface area contributed by atoms with Crippen molar-refractivity contribution in [1.82, 2.24) is 0 Å². The van der Waals surface area contributed by atoms with Crippen molar-refractivity contribution >= 4 is 17.3 Å². The van der Waals surface area contributed by atoms with Gasteiger partial charge in [-0.2, -0.15) is 0 Å². The number of rotatable bonds is 2. The van der Waals surface area contributed by atoms with Crippen LogP contribution in [0.25, 0.3) is 0 Å². The van der Waals surface area contributed by atoms with Gasteiger partial charge in [0.05, 0.1) is 16.8 Å². The number of halogens is 1. The van der Waals surface area contributed by atoms with Gasteiger partial charge in [0.15, 0.2) is 0 Å². The van der Waals surface area contributed by atoms with Crippen molar-refractivity contribution in [3.8, 4) is 12.3 Å². The highest BCUT2D eigenvalue weighted by Gasteiger charge is 2.01. The van der Waals surface area contributed by atoms with Gasteiger partial charge in [-0.05, 0) is 31.5 Å². The van der Waals surface area contributed by atoms with E-state index in [1.807, 2.05) is 32.0 Å². The van der Waals surface area contributed by atoms with Gasteiger partial charge in [-0.15, -0.1) is 6.42 Å². The lowest BCUT2D eigenvalue weighted by atomic mass is 10.2. The molecular weight excluding hydrogens is 182 g/mol. The molecule has 0 aliphatic carbocycles. The van der Waals surface area contributed by atoms with Crippen LogP contribution in [0.5, 0.6) is 0 Å². The molecule has 0 amide bonds. The molecular formula is C11H12ClN. The van der Waals surface area contributed by atoms with Crippen molar-refractivity contribution in [2.75, 3.05) is 5.32 Å². The molecule has 0 radical (unpaired) electrons. The zero-order chi connectivity index (χ0) is 9.84. The second kappa shape index (κ2) is 4.20. The number of nitrogens with one attached hydrogen (secondary N) is 1. The Balaban J connectivity index is 2.85. The van der Waals surface area contributed by atoms with E-state index in [0.717, 1.165) is 11.3 Å². The third-order valence-corrected chi connectivity index (χ3v) is 2.06. The predicted molar refractivity (Wildman–Crippen MR) is 58.1 cm³/mol. The van der Waals surface area contributed by atoms with Crippen LogP contribution in [0, 0.1) is 19.3 Å². The van der Waals surface area contributed by atoms with E-state index in [1.165, 1.54) is 0 Å². The zero-order valence-electron chi connectivity index (χ0n) is 7.76. The van der Waals surface area contributed by atoms with E-state index < -0.39 is 0 Å². The molecule has 0 saturated carbocycles. The number of benzene rings is 1. The average Bonchev–Trinajstić information content (AvgIpc) is 2.09. The summed E-state index contributed by atoms with van der Waals surface area (Å²) in [6, 6.07) is 5.84. The standard InChI is InChI=1S/C11H12ClN/c1-4-9(3)13-11-6-5-8(2)7-10(11)12/h1,5-7,9,13H,2-3H3. The van der Waals surface area contributed by atoms with E-state index in [4.69, 9.17) is 18.0 Å². The highest BCUT2D eigenvalue weighted by atomic mass is 35.5. The monoisotopic (exact) mass is 193 g/mol. The smallest absolute Gasteiger partial charge is 0.0846 e. The van der Waals surface area contributed by atoms with Crippen molar-refractivity contribution in [3.05, 3.63) is 28.8 Å². The fraction of sp³-hybridized carbons (Fsp3) is 0.273. The van der Waals surface area contributed by atoms with Crippen LogP contribution in [0.15, 0.2) is 18.2 Å². The number of hydrogen-bond acceptors (Lipinski definition) is 1. The minimum atomic E-state index is 0.000191. The largest absolute Gasteiger partial charge is 0.371 e. The highest BCUT2D eigenvalue weighted by Crippen LogP contribution is 2.23. The van der Waals surface area contributed by atoms with Gasteiger partial charge in [-0.1, -0.05) is 23.6 Å². The van der Waals surface area contributed by atoms with E-state index in [-0.39, 0.29) is 6.04 Å². The van der Waals surface area contributed by atoms with E-state index in [9.17, 15) is 0 Å². The number of terminal acetylenes is 1. The molecule has 1 aromatic rings. The van der Waals surface area contributed by atoms with Crippen molar-refractivity contribution < 1.29 is 0 Å². The summed E-state index contributed by atoms with van der Waals surface area (Å²) in [7, 11) is 0. The molecule has 0 heterocycles. The molecule has 68 valence electrons. The van der Waals surface area contributed by atoms with Gasteiger partial charge >= 0.3 is 0 Å². The number of aryl methyl sites for hydroxylation is 1. The Morgan fingerprint density at radius 2 is 2.23 bits per heavy atom. The lowest BCUT2D eigenvalue weighted by Gasteiger charge is -2.11. The zero-order valence-corrected chi connectivity index (χ0v) is 8.52. The van der Waals surface area contributed by atoms with Gasteiger partial charge in [0.2, 0.25) is 0 Å². The van der Waals surface area contributed by atoms with Crippen molar-refractivity contribution in [3.63, 3.8) is 0 Å². The van der Waals surface area contributed by atoms with Gasteiger partial charge in [-0.3, -0.25) is 0 Å². The fourth-order valence-electron chi connectivity index (χ4n) is 1.01. The second-order valence-corrected chi connectivity index (χ2v) is 3.42. The van der Waals surface area contributed by atoms with E-state index in [1.54, 1.807) is 0 Å². The quantitative estimate of drug-likeness (QED) is 0.712. The summed E-state index contributed by atoms with van der Waals surface area (Å²) in [5.74, 6) is 2.59. The molecule has 1 aromatic carbocycles. The van der Waals surface area contributed by atoms with E-state index >= 15 is 0 Å². The first kappa shape index (κ1) is 9.95. The summed E-state index contributed by atoms with van der Waals surface area (Å²) in [6.07, 6.45) is 5.24. The van der Waals surface area contributed by atoms with Gasteiger partial charge in [0, 0.05) is 0 Å². The molecule has 1 atom stereocenters.